The Labute approximate surface area is 757 Å². The van der Waals surface area contributed by atoms with E-state index in [4.69, 9.17) is 42.9 Å². The number of hydrogen-bond acceptors (Lipinski definition) is 29. The number of fused-ring (bicyclic) bond motifs is 4. The first-order valence-corrected chi connectivity index (χ1v) is 53.6. The first-order valence-electron chi connectivity index (χ1n) is 39.7. The molecule has 16 rings (SSSR count). The highest BCUT2D eigenvalue weighted by Crippen LogP contribution is 2.49. The van der Waals surface area contributed by atoms with Crippen LogP contribution in [0.5, 0.6) is 0 Å². The van der Waals surface area contributed by atoms with Gasteiger partial charge in [0.1, 0.15) is 84.8 Å². The molecule has 16 aromatic rings. The van der Waals surface area contributed by atoms with Crippen molar-refractivity contribution in [1.82, 2.24) is 54.1 Å². The number of pyridine rings is 4. The van der Waals surface area contributed by atoms with Gasteiger partial charge in [-0.05, 0) is 135 Å². The van der Waals surface area contributed by atoms with Crippen LogP contribution in [0.4, 0.5) is 22.7 Å². The van der Waals surface area contributed by atoms with Crippen LogP contribution >= 0.6 is 90.7 Å². The average molecular weight is 1900 g/mol. The van der Waals surface area contributed by atoms with Gasteiger partial charge in [-0.2, -0.15) is 0 Å². The van der Waals surface area contributed by atoms with Crippen LogP contribution in [-0.2, 0) is 72.4 Å². The molecule has 0 bridgehead atoms. The van der Waals surface area contributed by atoms with Gasteiger partial charge < -0.3 is 37.7 Å². The predicted octanol–water partition coefficient (Wildman–Crippen LogP) is 21.0. The zero-order chi connectivity index (χ0) is 87.7. The van der Waals surface area contributed by atoms with Crippen LogP contribution in [0.15, 0.2) is 160 Å². The number of anilines is 4. The second kappa shape index (κ2) is 40.8. The molecule has 23 nitrogen and oxygen atoms in total. The summed E-state index contributed by atoms with van der Waals surface area (Å²) >= 11 is 11.8. The number of hydrogen-bond donors (Lipinski definition) is 7. The van der Waals surface area contributed by atoms with Gasteiger partial charge in [-0.25, -0.2) is 58.0 Å². The van der Waals surface area contributed by atoms with Crippen LogP contribution in [0.2, 0.25) is 0 Å². The number of imidazole rings is 1. The number of nitrogens with one attached hydrogen (secondary N) is 1. The van der Waals surface area contributed by atoms with E-state index in [9.17, 15) is 35.5 Å². The Balaban J connectivity index is 0.000000141. The lowest BCUT2D eigenvalue weighted by atomic mass is 9.94. The number of nitrogens with two attached hydrogens (primary N) is 4. The van der Waals surface area contributed by atoms with Gasteiger partial charge in [0.15, 0.2) is 0 Å². The minimum Gasteiger partial charge on any atom is -0.396 e. The summed E-state index contributed by atoms with van der Waals surface area (Å²) in [6.07, 6.45) is 15.2. The number of thiophene rings is 4. The SMILES string of the molecule is CCCCS(=O)c1sc2nc(-c3nc(C)cs3)cc(-c3cnc(C)n3C)c2c1N.CCCCS(=O)c1sc2nc(-c3nccs3)cc(-c3ccc(C(C)(C)O)cc3)c2c1N.CCCCS(=O)c1sc2nc(-c3nccs3)cc(-c3ccc(C(C)O)cc3)c2c1N.CCCCS(=O)c1sc2nc(-c3nccs3)cc(-c3ccc(CNS(C)(=O)=O)cc3)c2c1N. The van der Waals surface area contributed by atoms with Crippen LogP contribution < -0.4 is 27.7 Å². The van der Waals surface area contributed by atoms with E-state index in [-0.39, 0.29) is 6.54 Å². The fraction of sp³-hybridized carbons (Fsp3) is 0.299. The topological polar surface area (TPSA) is 380 Å². The van der Waals surface area contributed by atoms with E-state index in [2.05, 4.69) is 57.3 Å². The van der Waals surface area contributed by atoms with E-state index in [1.54, 1.807) is 50.7 Å². The number of nitrogen functional groups attached to an aromatic ring is 4. The smallest absolute Gasteiger partial charge is 0.209 e. The fourth-order valence-electron chi connectivity index (χ4n) is 13.2. The average Bonchev–Trinajstić information content (AvgIpc) is 1.63. The van der Waals surface area contributed by atoms with Crippen molar-refractivity contribution in [2.24, 2.45) is 7.05 Å². The van der Waals surface area contributed by atoms with Crippen molar-refractivity contribution in [1.29, 1.82) is 0 Å². The second-order valence-corrected chi connectivity index (χ2v) is 46.0. The van der Waals surface area contributed by atoms with E-state index in [0.29, 0.717) is 62.6 Å². The number of aliphatic hydroxyl groups excluding tert-OH is 1. The van der Waals surface area contributed by atoms with Crippen molar-refractivity contribution in [3.63, 3.8) is 0 Å². The van der Waals surface area contributed by atoms with E-state index in [1.165, 1.54) is 79.4 Å². The maximum Gasteiger partial charge on any atom is 0.209 e. The summed E-state index contributed by atoms with van der Waals surface area (Å²) in [7, 11) is -5.86. The maximum atomic E-state index is 12.9. The third-order valence-corrected chi connectivity index (χ3v) is 35.9. The summed E-state index contributed by atoms with van der Waals surface area (Å²) < 4.78 is 81.6. The molecule has 11 N–H and O–H groups in total. The number of rotatable bonds is 29. The van der Waals surface area contributed by atoms with Gasteiger partial charge in [-0.1, -0.05) is 126 Å². The molecule has 0 radical (unpaired) electrons. The van der Waals surface area contributed by atoms with Gasteiger partial charge in [0, 0.05) is 110 Å². The summed E-state index contributed by atoms with van der Waals surface area (Å²) in [5, 5.41) is 34.6. The lowest BCUT2D eigenvalue weighted by Crippen LogP contribution is -2.21. The number of sulfonamides is 1. The molecule has 0 aliphatic carbocycles. The Bertz CT molecular complexity index is 6610. The van der Waals surface area contributed by atoms with Gasteiger partial charge in [0.05, 0.1) is 95.8 Å². The van der Waals surface area contributed by atoms with Crippen LogP contribution in [0.25, 0.3) is 128 Å². The number of nitrogens with zero attached hydrogens (tertiary/aromatic N) is 10. The van der Waals surface area contributed by atoms with Gasteiger partial charge in [0.2, 0.25) is 10.0 Å². The molecular weight excluding hydrogens is 1800 g/mol. The van der Waals surface area contributed by atoms with Crippen molar-refractivity contribution in [3.8, 4) is 87.4 Å². The zero-order valence-electron chi connectivity index (χ0n) is 69.6. The Hall–Kier alpha value is -8.54. The largest absolute Gasteiger partial charge is 0.396 e. The molecule has 0 saturated heterocycles. The van der Waals surface area contributed by atoms with Crippen LogP contribution in [-0.4, -0.2) is 114 Å². The first-order chi connectivity index (χ1) is 58.9. The van der Waals surface area contributed by atoms with E-state index in [1.807, 2.05) is 150 Å². The molecule has 0 aliphatic heterocycles. The maximum absolute atomic E-state index is 12.9. The highest BCUT2D eigenvalue weighted by molar-refractivity contribution is 7.89. The van der Waals surface area contributed by atoms with Crippen molar-refractivity contribution in [2.45, 2.75) is 149 Å². The summed E-state index contributed by atoms with van der Waals surface area (Å²) in [4.78, 5) is 44.6. The van der Waals surface area contributed by atoms with E-state index < -0.39 is 64.9 Å². The fourth-order valence-corrected chi connectivity index (χ4v) is 27.3. The molecule has 123 heavy (non-hydrogen) atoms. The van der Waals surface area contributed by atoms with Crippen LogP contribution in [0.1, 0.15) is 134 Å². The molecule has 3 aromatic carbocycles. The lowest BCUT2D eigenvalue weighted by Gasteiger charge is -2.18. The van der Waals surface area contributed by atoms with Crippen molar-refractivity contribution in [3.05, 3.63) is 172 Å². The number of aromatic nitrogens is 10. The van der Waals surface area contributed by atoms with E-state index >= 15 is 0 Å². The van der Waals surface area contributed by atoms with Gasteiger partial charge in [0.25, 0.3) is 0 Å². The Kier molecular flexibility index (Phi) is 30.6. The predicted molar refractivity (Wildman–Crippen MR) is 521 cm³/mol. The van der Waals surface area contributed by atoms with Crippen molar-refractivity contribution >= 4 is 208 Å². The molecule has 0 fully saturated rings. The Morgan fingerprint density at radius 3 is 1.13 bits per heavy atom. The lowest BCUT2D eigenvalue weighted by molar-refractivity contribution is 0.0786. The van der Waals surface area contributed by atoms with Crippen molar-refractivity contribution in [2.75, 3.05) is 52.2 Å². The number of thiazole rings is 4. The van der Waals surface area contributed by atoms with Crippen LogP contribution in [0.3, 0.4) is 0 Å². The molecule has 13 heterocycles. The second-order valence-electron chi connectivity index (χ2n) is 29.5. The molecule has 0 saturated carbocycles. The third kappa shape index (κ3) is 21.4. The highest BCUT2D eigenvalue weighted by atomic mass is 32.2. The minimum atomic E-state index is -3.27. The molecule has 36 heteroatoms. The number of benzene rings is 3. The summed E-state index contributed by atoms with van der Waals surface area (Å²) in [5.41, 5.74) is 41.5. The molecule has 644 valence electrons. The molecule has 13 aromatic heterocycles. The standard InChI is InChI=1S/C23H25N3O2S3.C22H24N4O3S4.C22H23N3O2S3.C20H23N5OS3/c1-4-5-12-31(28)22-19(24)18-16(14-6-8-15(9-7-14)23(2,3)27)13-17(26-21(18)30-22)20-25-10-11-29-20;1-3-4-11-32(27)22-19(23)18-16(12-17(26-21(18)31-22)20-24-9-10-30-20)15-7-5-14(6-8-15)13-25-33(2,28)29;1-3-4-11-30(27)22-19(23)18-16(15-7-5-14(6-8-15)13(2)26)12-17(25-21(18)29-22)20-24-9-10-28-20;1-5-6-7-29(26)20-17(21)16-13(15-9-22-12(3)25(15)4)8-14(24-19(16)28-20)18-23-11(2)10-27-18/h6-11,13,27H,4-5,12,24H2,1-3H3;5-10,12,25H,3-4,11,13,23H2,1-2H3;5-10,12-13,26H,3-4,11,23H2,1-2H3;8-10H,5-7,21H2,1-4H3. The first kappa shape index (κ1) is 92.1. The molecule has 0 amide bonds. The third-order valence-electron chi connectivity index (χ3n) is 19.9. The minimum absolute atomic E-state index is 0.219. The Morgan fingerprint density at radius 2 is 0.829 bits per heavy atom. The van der Waals surface area contributed by atoms with E-state index in [0.717, 1.165) is 214 Å². The zero-order valence-corrected chi connectivity index (χ0v) is 80.2. The van der Waals surface area contributed by atoms with Gasteiger partial charge >= 0.3 is 0 Å². The quantitative estimate of drug-likeness (QED) is 0.0229. The van der Waals surface area contributed by atoms with Gasteiger partial charge in [-0.15, -0.1) is 90.7 Å². The van der Waals surface area contributed by atoms with Crippen molar-refractivity contribution < 1.29 is 35.5 Å². The molecule has 0 aliphatic rings. The molecule has 0 spiro atoms. The number of unbranched alkanes of at least 4 members (excludes halogenated alkanes) is 4. The monoisotopic (exact) mass is 1890 g/mol. The highest BCUT2D eigenvalue weighted by Gasteiger charge is 2.28. The summed E-state index contributed by atoms with van der Waals surface area (Å²) in [5.74, 6) is 3.31. The van der Waals surface area contributed by atoms with Gasteiger partial charge in [-0.3, -0.25) is 16.8 Å². The molecular formula is C87H95N15O8S13. The summed E-state index contributed by atoms with van der Waals surface area (Å²) in [6, 6.07) is 31.2. The normalized spacial score (nSPS) is 13.0. The number of aryl methyl sites for hydroxylation is 2. The summed E-state index contributed by atoms with van der Waals surface area (Å²) in [6.45, 7) is 17.8. The molecule has 5 atom stereocenters. The van der Waals surface area contributed by atoms with Crippen LogP contribution in [0, 0.1) is 13.8 Å². The molecule has 5 unspecified atom stereocenters. The number of aliphatic hydroxyl groups is 2. The Morgan fingerprint density at radius 1 is 0.488 bits per heavy atom.